The van der Waals surface area contributed by atoms with Crippen molar-refractivity contribution in [2.45, 2.75) is 13.8 Å². The lowest BCUT2D eigenvalue weighted by Crippen LogP contribution is -2.32. The SMILES string of the molecule is CC(C)CNC(=O)c1cc([N+](=O)[O-])c[nH]c1=O. The molecule has 0 fully saturated rings. The molecule has 1 rings (SSSR count). The molecule has 7 nitrogen and oxygen atoms in total. The topological polar surface area (TPSA) is 105 Å². The average molecular weight is 239 g/mol. The van der Waals surface area contributed by atoms with Crippen molar-refractivity contribution in [2.24, 2.45) is 5.92 Å². The van der Waals surface area contributed by atoms with Crippen LogP contribution >= 0.6 is 0 Å². The molecule has 1 heterocycles. The van der Waals surface area contributed by atoms with Crippen molar-refractivity contribution in [3.63, 3.8) is 0 Å². The molecule has 0 atom stereocenters. The van der Waals surface area contributed by atoms with Gasteiger partial charge in [-0.15, -0.1) is 0 Å². The Labute approximate surface area is 97.0 Å². The summed E-state index contributed by atoms with van der Waals surface area (Å²) in [6.07, 6.45) is 0.960. The summed E-state index contributed by atoms with van der Waals surface area (Å²) in [6.45, 7) is 4.21. The summed E-state index contributed by atoms with van der Waals surface area (Å²) in [7, 11) is 0. The first-order valence-corrected chi connectivity index (χ1v) is 5.07. The van der Waals surface area contributed by atoms with Crippen LogP contribution in [0.1, 0.15) is 24.2 Å². The van der Waals surface area contributed by atoms with Crippen molar-refractivity contribution in [2.75, 3.05) is 6.54 Å². The standard InChI is InChI=1S/C10H13N3O4/c1-6(2)4-11-9(14)8-3-7(13(16)17)5-12-10(8)15/h3,5-6H,4H2,1-2H3,(H,11,14)(H,12,15). The van der Waals surface area contributed by atoms with Crippen LogP contribution in [0.15, 0.2) is 17.1 Å². The third-order valence-corrected chi connectivity index (χ3v) is 2.01. The number of nitro groups is 1. The second kappa shape index (κ2) is 5.24. The van der Waals surface area contributed by atoms with Gasteiger partial charge in [0.1, 0.15) is 5.56 Å². The Morgan fingerprint density at radius 1 is 1.59 bits per heavy atom. The molecule has 0 spiro atoms. The molecule has 0 radical (unpaired) electrons. The van der Waals surface area contributed by atoms with E-state index >= 15 is 0 Å². The molecule has 0 aliphatic carbocycles. The normalized spacial score (nSPS) is 10.3. The number of amides is 1. The molecular formula is C10H13N3O4. The summed E-state index contributed by atoms with van der Waals surface area (Å²) < 4.78 is 0. The molecule has 1 amide bonds. The van der Waals surface area contributed by atoms with Gasteiger partial charge in [-0.2, -0.15) is 0 Å². The zero-order valence-corrected chi connectivity index (χ0v) is 9.52. The van der Waals surface area contributed by atoms with Gasteiger partial charge < -0.3 is 10.3 Å². The van der Waals surface area contributed by atoms with Gasteiger partial charge in [-0.25, -0.2) is 0 Å². The van der Waals surface area contributed by atoms with Crippen LogP contribution in [0.2, 0.25) is 0 Å². The number of nitrogens with one attached hydrogen (secondary N) is 2. The number of hydrogen-bond acceptors (Lipinski definition) is 4. The van der Waals surface area contributed by atoms with Gasteiger partial charge in [0.25, 0.3) is 17.2 Å². The molecule has 92 valence electrons. The first-order valence-electron chi connectivity index (χ1n) is 5.07. The molecule has 0 unspecified atom stereocenters. The summed E-state index contributed by atoms with van der Waals surface area (Å²) >= 11 is 0. The quantitative estimate of drug-likeness (QED) is 0.595. The first-order chi connectivity index (χ1) is 7.91. The van der Waals surface area contributed by atoms with Gasteiger partial charge in [-0.05, 0) is 5.92 Å². The molecule has 1 aromatic heterocycles. The van der Waals surface area contributed by atoms with Crippen LogP contribution in [0, 0.1) is 16.0 Å². The fourth-order valence-electron chi connectivity index (χ4n) is 1.14. The van der Waals surface area contributed by atoms with E-state index in [1.165, 1.54) is 0 Å². The fraction of sp³-hybridized carbons (Fsp3) is 0.400. The van der Waals surface area contributed by atoms with E-state index in [4.69, 9.17) is 0 Å². The average Bonchev–Trinajstić information content (AvgIpc) is 2.26. The van der Waals surface area contributed by atoms with Gasteiger partial charge in [-0.3, -0.25) is 19.7 Å². The van der Waals surface area contributed by atoms with Crippen LogP contribution < -0.4 is 10.9 Å². The molecule has 0 bridgehead atoms. The van der Waals surface area contributed by atoms with Crippen LogP contribution in [-0.4, -0.2) is 22.4 Å². The Morgan fingerprint density at radius 2 is 2.24 bits per heavy atom. The highest BCUT2D eigenvalue weighted by Gasteiger charge is 2.15. The molecule has 2 N–H and O–H groups in total. The van der Waals surface area contributed by atoms with Gasteiger partial charge in [-0.1, -0.05) is 13.8 Å². The second-order valence-electron chi connectivity index (χ2n) is 3.96. The molecule has 0 aromatic carbocycles. The van der Waals surface area contributed by atoms with Crippen molar-refractivity contribution < 1.29 is 9.72 Å². The monoisotopic (exact) mass is 239 g/mol. The van der Waals surface area contributed by atoms with E-state index in [0.717, 1.165) is 12.3 Å². The maximum atomic E-state index is 11.6. The zero-order valence-electron chi connectivity index (χ0n) is 9.52. The van der Waals surface area contributed by atoms with E-state index in [1.54, 1.807) is 0 Å². The van der Waals surface area contributed by atoms with Crippen LogP contribution in [-0.2, 0) is 0 Å². The lowest BCUT2D eigenvalue weighted by Gasteiger charge is -2.06. The number of H-pyrrole nitrogens is 1. The highest BCUT2D eigenvalue weighted by molar-refractivity contribution is 5.94. The largest absolute Gasteiger partial charge is 0.352 e. The lowest BCUT2D eigenvalue weighted by molar-refractivity contribution is -0.385. The molecule has 0 saturated heterocycles. The zero-order chi connectivity index (χ0) is 13.0. The Morgan fingerprint density at radius 3 is 2.76 bits per heavy atom. The predicted molar refractivity (Wildman–Crippen MR) is 60.9 cm³/mol. The van der Waals surface area contributed by atoms with Gasteiger partial charge >= 0.3 is 0 Å². The summed E-state index contributed by atoms with van der Waals surface area (Å²) in [5.41, 5.74) is -1.21. The number of aromatic nitrogens is 1. The van der Waals surface area contributed by atoms with Gasteiger partial charge in [0.15, 0.2) is 0 Å². The Balaban J connectivity index is 2.96. The molecule has 1 aromatic rings. The minimum Gasteiger partial charge on any atom is -0.352 e. The predicted octanol–water partition coefficient (Wildman–Crippen LogP) is 0.669. The van der Waals surface area contributed by atoms with Gasteiger partial charge in [0, 0.05) is 12.6 Å². The van der Waals surface area contributed by atoms with Gasteiger partial charge in [0.2, 0.25) is 0 Å². The van der Waals surface area contributed by atoms with E-state index < -0.39 is 16.4 Å². The number of nitrogens with zero attached hydrogens (tertiary/aromatic N) is 1. The summed E-state index contributed by atoms with van der Waals surface area (Å²) in [5, 5.41) is 13.0. The fourth-order valence-corrected chi connectivity index (χ4v) is 1.14. The second-order valence-corrected chi connectivity index (χ2v) is 3.96. The van der Waals surface area contributed by atoms with Gasteiger partial charge in [0.05, 0.1) is 11.1 Å². The van der Waals surface area contributed by atoms with Crippen LogP contribution in [0.25, 0.3) is 0 Å². The maximum absolute atomic E-state index is 11.6. The number of pyridine rings is 1. The third-order valence-electron chi connectivity index (χ3n) is 2.01. The van der Waals surface area contributed by atoms with Crippen LogP contribution in [0.4, 0.5) is 5.69 Å². The van der Waals surface area contributed by atoms with E-state index in [2.05, 4.69) is 10.3 Å². The van der Waals surface area contributed by atoms with E-state index in [0.29, 0.717) is 6.54 Å². The Hall–Kier alpha value is -2.18. The maximum Gasteiger partial charge on any atom is 0.286 e. The summed E-state index contributed by atoms with van der Waals surface area (Å²) in [4.78, 5) is 34.9. The van der Waals surface area contributed by atoms with E-state index in [1.807, 2.05) is 13.8 Å². The minimum atomic E-state index is -0.671. The molecule has 7 heteroatoms. The number of carbonyl (C=O) groups is 1. The molecular weight excluding hydrogens is 226 g/mol. The van der Waals surface area contributed by atoms with Crippen molar-refractivity contribution in [1.82, 2.24) is 10.3 Å². The Bertz CT molecular complexity index is 493. The third kappa shape index (κ3) is 3.40. The molecule has 0 saturated carbocycles. The lowest BCUT2D eigenvalue weighted by atomic mass is 10.2. The van der Waals surface area contributed by atoms with Crippen molar-refractivity contribution in [3.05, 3.63) is 38.3 Å². The van der Waals surface area contributed by atoms with Crippen molar-refractivity contribution >= 4 is 11.6 Å². The van der Waals surface area contributed by atoms with Crippen molar-refractivity contribution in [3.8, 4) is 0 Å². The van der Waals surface area contributed by atoms with Crippen LogP contribution in [0.5, 0.6) is 0 Å². The minimum absolute atomic E-state index is 0.233. The van der Waals surface area contributed by atoms with Crippen LogP contribution in [0.3, 0.4) is 0 Å². The van der Waals surface area contributed by atoms with Crippen molar-refractivity contribution in [1.29, 1.82) is 0 Å². The Kier molecular flexibility index (Phi) is 3.97. The molecule has 0 aliphatic rings. The summed E-state index contributed by atoms with van der Waals surface area (Å²) in [6, 6.07) is 0.967. The first kappa shape index (κ1) is 12.9. The number of carbonyl (C=O) groups excluding carboxylic acids is 1. The van der Waals surface area contributed by atoms with E-state index in [-0.39, 0.29) is 17.2 Å². The highest BCUT2D eigenvalue weighted by atomic mass is 16.6. The molecule has 17 heavy (non-hydrogen) atoms. The summed E-state index contributed by atoms with van der Waals surface area (Å²) in [5.74, 6) is -0.375. The number of rotatable bonds is 4. The number of hydrogen-bond donors (Lipinski definition) is 2. The highest BCUT2D eigenvalue weighted by Crippen LogP contribution is 2.08. The molecule has 0 aliphatic heterocycles. The van der Waals surface area contributed by atoms with E-state index in [9.17, 15) is 19.7 Å². The smallest absolute Gasteiger partial charge is 0.286 e. The number of aromatic amines is 1.